The highest BCUT2D eigenvalue weighted by molar-refractivity contribution is 5.94. The molecule has 0 saturated carbocycles. The van der Waals surface area contributed by atoms with Gasteiger partial charge in [-0.3, -0.25) is 9.78 Å². The quantitative estimate of drug-likeness (QED) is 0.566. The third kappa shape index (κ3) is 5.76. The van der Waals surface area contributed by atoms with Gasteiger partial charge in [-0.1, -0.05) is 6.07 Å². The van der Waals surface area contributed by atoms with E-state index in [-0.39, 0.29) is 36.4 Å². The molecule has 1 aromatic carbocycles. The lowest BCUT2D eigenvalue weighted by Gasteiger charge is -2.48. The van der Waals surface area contributed by atoms with Crippen molar-refractivity contribution in [1.82, 2.24) is 9.88 Å². The van der Waals surface area contributed by atoms with Crippen molar-refractivity contribution < 1.29 is 23.4 Å². The number of hydrogen-bond acceptors (Lipinski definition) is 5. The Bertz CT molecular complexity index is 960. The Kier molecular flexibility index (Phi) is 7.84. The van der Waals surface area contributed by atoms with Crippen molar-refractivity contribution >= 4 is 5.91 Å². The molecule has 2 aliphatic rings. The standard InChI is InChI=1S/C27H35FN2O4/c1-19(2)33-24-7-6-21(15-20(24)3)26(31)30-12-8-27(9-13-30)17-23(32-14-10-28)16-25(34-27)22-5-4-11-29-18-22/h4-7,11,15,18-19,23,25H,8-10,12-14,16-17H2,1-3H3. The Morgan fingerprint density at radius 2 is 2.09 bits per heavy atom. The number of hydrogen-bond donors (Lipinski definition) is 0. The summed E-state index contributed by atoms with van der Waals surface area (Å²) in [4.78, 5) is 19.4. The van der Waals surface area contributed by atoms with Crippen LogP contribution in [0.2, 0.25) is 0 Å². The monoisotopic (exact) mass is 470 g/mol. The predicted molar refractivity (Wildman–Crippen MR) is 128 cm³/mol. The average Bonchev–Trinajstić information content (AvgIpc) is 2.84. The van der Waals surface area contributed by atoms with E-state index in [0.717, 1.165) is 29.7 Å². The Morgan fingerprint density at radius 3 is 2.74 bits per heavy atom. The summed E-state index contributed by atoms with van der Waals surface area (Å²) in [6, 6.07) is 9.53. The topological polar surface area (TPSA) is 60.9 Å². The molecule has 184 valence electrons. The summed E-state index contributed by atoms with van der Waals surface area (Å²) in [5.74, 6) is 0.833. The zero-order valence-electron chi connectivity index (χ0n) is 20.3. The molecule has 6 nitrogen and oxygen atoms in total. The molecule has 2 unspecified atom stereocenters. The van der Waals surface area contributed by atoms with Gasteiger partial charge in [0.15, 0.2) is 0 Å². The maximum absolute atomic E-state index is 13.2. The average molecular weight is 471 g/mol. The lowest BCUT2D eigenvalue weighted by Crippen LogP contribution is -2.52. The van der Waals surface area contributed by atoms with Gasteiger partial charge in [0.1, 0.15) is 12.4 Å². The molecule has 0 radical (unpaired) electrons. The van der Waals surface area contributed by atoms with Crippen molar-refractivity contribution in [3.8, 4) is 5.75 Å². The van der Waals surface area contributed by atoms with Crippen molar-refractivity contribution in [2.45, 2.75) is 70.4 Å². The van der Waals surface area contributed by atoms with E-state index in [1.807, 2.05) is 62.2 Å². The smallest absolute Gasteiger partial charge is 0.253 e. The molecule has 3 heterocycles. The minimum absolute atomic E-state index is 0.0268. The fourth-order valence-corrected chi connectivity index (χ4v) is 5.03. The number of amides is 1. The predicted octanol–water partition coefficient (Wildman–Crippen LogP) is 5.06. The molecule has 2 fully saturated rings. The molecular formula is C27H35FN2O4. The first-order chi connectivity index (χ1) is 16.4. The van der Waals surface area contributed by atoms with Gasteiger partial charge in [0.25, 0.3) is 5.91 Å². The molecule has 0 aliphatic carbocycles. The van der Waals surface area contributed by atoms with Gasteiger partial charge < -0.3 is 19.1 Å². The van der Waals surface area contributed by atoms with E-state index in [1.54, 1.807) is 6.20 Å². The van der Waals surface area contributed by atoms with E-state index in [2.05, 4.69) is 4.98 Å². The third-order valence-electron chi connectivity index (χ3n) is 6.70. The first-order valence-electron chi connectivity index (χ1n) is 12.2. The third-order valence-corrected chi connectivity index (χ3v) is 6.70. The van der Waals surface area contributed by atoms with Crippen molar-refractivity contribution in [3.63, 3.8) is 0 Å². The van der Waals surface area contributed by atoms with E-state index in [4.69, 9.17) is 14.2 Å². The number of piperidine rings is 1. The van der Waals surface area contributed by atoms with Crippen molar-refractivity contribution in [3.05, 3.63) is 59.4 Å². The van der Waals surface area contributed by atoms with Gasteiger partial charge in [-0.15, -0.1) is 0 Å². The van der Waals surface area contributed by atoms with Gasteiger partial charge in [-0.25, -0.2) is 4.39 Å². The number of benzene rings is 1. The number of aromatic nitrogens is 1. The first kappa shape index (κ1) is 24.6. The molecule has 34 heavy (non-hydrogen) atoms. The summed E-state index contributed by atoms with van der Waals surface area (Å²) in [5, 5.41) is 0. The minimum Gasteiger partial charge on any atom is -0.491 e. The SMILES string of the molecule is Cc1cc(C(=O)N2CCC3(CC2)CC(OCCF)CC(c2cccnc2)O3)ccc1OC(C)C. The molecule has 1 aromatic heterocycles. The number of likely N-dealkylation sites (tertiary alicyclic amines) is 1. The fraction of sp³-hybridized carbons (Fsp3) is 0.556. The Morgan fingerprint density at radius 1 is 1.29 bits per heavy atom. The number of ether oxygens (including phenoxy) is 3. The fourth-order valence-electron chi connectivity index (χ4n) is 5.03. The van der Waals surface area contributed by atoms with E-state index < -0.39 is 6.67 Å². The van der Waals surface area contributed by atoms with Crippen LogP contribution in [-0.4, -0.2) is 60.0 Å². The second-order valence-corrected chi connectivity index (χ2v) is 9.64. The number of alkyl halides is 1. The maximum Gasteiger partial charge on any atom is 0.253 e. The molecule has 2 atom stereocenters. The van der Waals surface area contributed by atoms with Crippen LogP contribution in [0, 0.1) is 6.92 Å². The van der Waals surface area contributed by atoms with Gasteiger partial charge in [0.2, 0.25) is 0 Å². The van der Waals surface area contributed by atoms with Crippen LogP contribution in [0.4, 0.5) is 4.39 Å². The molecule has 2 aliphatic heterocycles. The molecule has 0 N–H and O–H groups in total. The maximum atomic E-state index is 13.2. The Hall–Kier alpha value is -2.51. The number of aryl methyl sites for hydroxylation is 1. The molecule has 2 aromatic rings. The van der Waals surface area contributed by atoms with Crippen LogP contribution in [0.25, 0.3) is 0 Å². The minimum atomic E-state index is -0.495. The highest BCUT2D eigenvalue weighted by Gasteiger charge is 2.45. The molecule has 1 spiro atoms. The van der Waals surface area contributed by atoms with E-state index >= 15 is 0 Å². The van der Waals surface area contributed by atoms with Gasteiger partial charge >= 0.3 is 0 Å². The molecule has 0 bridgehead atoms. The highest BCUT2D eigenvalue weighted by Crippen LogP contribution is 2.44. The van der Waals surface area contributed by atoms with Crippen molar-refractivity contribution in [2.75, 3.05) is 26.4 Å². The van der Waals surface area contributed by atoms with Crippen LogP contribution < -0.4 is 4.74 Å². The van der Waals surface area contributed by atoms with Crippen LogP contribution in [0.15, 0.2) is 42.7 Å². The van der Waals surface area contributed by atoms with Crippen LogP contribution in [0.3, 0.4) is 0 Å². The van der Waals surface area contributed by atoms with Gasteiger partial charge in [0, 0.05) is 43.9 Å². The number of carbonyl (C=O) groups excluding carboxylic acids is 1. The molecule has 1 amide bonds. The summed E-state index contributed by atoms with van der Waals surface area (Å²) in [6.45, 7) is 6.76. The zero-order chi connectivity index (χ0) is 24.1. The number of pyridine rings is 1. The molecular weight excluding hydrogens is 435 g/mol. The van der Waals surface area contributed by atoms with Crippen LogP contribution >= 0.6 is 0 Å². The summed E-state index contributed by atoms with van der Waals surface area (Å²) in [6.07, 6.45) is 6.26. The van der Waals surface area contributed by atoms with E-state index in [1.165, 1.54) is 0 Å². The summed E-state index contributed by atoms with van der Waals surface area (Å²) < 4.78 is 31.1. The van der Waals surface area contributed by atoms with Gasteiger partial charge in [0.05, 0.1) is 30.5 Å². The lowest BCUT2D eigenvalue weighted by molar-refractivity contribution is -0.191. The van der Waals surface area contributed by atoms with Gasteiger partial charge in [-0.2, -0.15) is 0 Å². The van der Waals surface area contributed by atoms with Crippen molar-refractivity contribution in [1.29, 1.82) is 0 Å². The Balaban J connectivity index is 1.44. The van der Waals surface area contributed by atoms with Crippen molar-refractivity contribution in [2.24, 2.45) is 0 Å². The second kappa shape index (κ2) is 10.8. The normalized spacial score (nSPS) is 22.2. The molecule has 4 rings (SSSR count). The molecule has 7 heteroatoms. The zero-order valence-corrected chi connectivity index (χ0v) is 20.3. The van der Waals surface area contributed by atoms with Crippen LogP contribution in [0.1, 0.15) is 67.1 Å². The highest BCUT2D eigenvalue weighted by atomic mass is 19.1. The lowest BCUT2D eigenvalue weighted by atomic mass is 9.80. The summed E-state index contributed by atoms with van der Waals surface area (Å²) >= 11 is 0. The van der Waals surface area contributed by atoms with Crippen LogP contribution in [-0.2, 0) is 9.47 Å². The van der Waals surface area contributed by atoms with Crippen LogP contribution in [0.5, 0.6) is 5.75 Å². The first-order valence-corrected chi connectivity index (χ1v) is 12.2. The Labute approximate surface area is 201 Å². The number of rotatable bonds is 7. The number of halogens is 1. The summed E-state index contributed by atoms with van der Waals surface area (Å²) in [7, 11) is 0. The van der Waals surface area contributed by atoms with E-state index in [0.29, 0.717) is 31.5 Å². The second-order valence-electron chi connectivity index (χ2n) is 9.64. The molecule has 2 saturated heterocycles. The summed E-state index contributed by atoms with van der Waals surface area (Å²) in [5.41, 5.74) is 2.25. The largest absolute Gasteiger partial charge is 0.491 e. The number of carbonyl (C=O) groups is 1. The number of nitrogens with zero attached hydrogens (tertiary/aromatic N) is 2. The van der Waals surface area contributed by atoms with Gasteiger partial charge in [-0.05, 0) is 69.0 Å². The van der Waals surface area contributed by atoms with E-state index in [9.17, 15) is 9.18 Å².